The average Bonchev–Trinajstić information content (AvgIpc) is 3.27. The Kier molecular flexibility index (Phi) is 4.94. The summed E-state index contributed by atoms with van der Waals surface area (Å²) >= 11 is 1.54. The van der Waals surface area contributed by atoms with E-state index in [1.165, 1.54) is 30.6 Å². The quantitative estimate of drug-likeness (QED) is 0.673. The maximum atomic E-state index is 11.9. The van der Waals surface area contributed by atoms with E-state index in [4.69, 9.17) is 10.7 Å². The third kappa shape index (κ3) is 3.60. The van der Waals surface area contributed by atoms with E-state index in [0.29, 0.717) is 11.6 Å². The second kappa shape index (κ2) is 7.52. The van der Waals surface area contributed by atoms with E-state index in [1.807, 2.05) is 30.5 Å². The van der Waals surface area contributed by atoms with E-state index >= 15 is 0 Å². The molecule has 6 nitrogen and oxygen atoms in total. The lowest BCUT2D eigenvalue weighted by Crippen LogP contribution is -2.17. The molecule has 0 spiro atoms. The van der Waals surface area contributed by atoms with Gasteiger partial charge in [0.15, 0.2) is 5.13 Å². The van der Waals surface area contributed by atoms with Crippen LogP contribution in [0.2, 0.25) is 0 Å². The van der Waals surface area contributed by atoms with Gasteiger partial charge in [0.1, 0.15) is 0 Å². The number of hydrogen-bond donors (Lipinski definition) is 2. The number of nitrogens with two attached hydrogens (primary N) is 1. The standard InChI is InChI=1S/C20H23N5OS/c1-13-16(19(21)26)10-18(25(13)15-7-3-2-4-8-15)17-12-27-20(24-17)23-14-6-5-9-22-11-14/h5-6,9-12,15H,2-4,7-8H2,1H3,(H2,21,26)(H,23,24). The van der Waals surface area contributed by atoms with Gasteiger partial charge < -0.3 is 15.6 Å². The largest absolute Gasteiger partial charge is 0.366 e. The van der Waals surface area contributed by atoms with E-state index in [2.05, 4.69) is 14.9 Å². The van der Waals surface area contributed by atoms with Gasteiger partial charge in [-0.25, -0.2) is 4.98 Å². The number of thiazole rings is 1. The summed E-state index contributed by atoms with van der Waals surface area (Å²) in [4.78, 5) is 20.8. The van der Waals surface area contributed by atoms with Gasteiger partial charge in [0.05, 0.1) is 28.8 Å². The third-order valence-corrected chi connectivity index (χ3v) is 5.93. The third-order valence-electron chi connectivity index (χ3n) is 5.18. The highest BCUT2D eigenvalue weighted by Gasteiger charge is 2.25. The first kappa shape index (κ1) is 17.7. The van der Waals surface area contributed by atoms with Gasteiger partial charge in [0, 0.05) is 23.3 Å². The second-order valence-electron chi connectivity index (χ2n) is 6.96. The normalized spacial score (nSPS) is 15.0. The van der Waals surface area contributed by atoms with Crippen LogP contribution in [0, 0.1) is 6.92 Å². The molecule has 140 valence electrons. The van der Waals surface area contributed by atoms with E-state index in [1.54, 1.807) is 12.4 Å². The minimum Gasteiger partial charge on any atom is -0.366 e. The number of carbonyl (C=O) groups is 1. The molecule has 0 unspecified atom stereocenters. The van der Waals surface area contributed by atoms with Crippen molar-refractivity contribution in [3.63, 3.8) is 0 Å². The van der Waals surface area contributed by atoms with Gasteiger partial charge >= 0.3 is 0 Å². The molecule has 1 aliphatic rings. The summed E-state index contributed by atoms with van der Waals surface area (Å²) in [6.45, 7) is 1.99. The predicted molar refractivity (Wildman–Crippen MR) is 108 cm³/mol. The van der Waals surface area contributed by atoms with E-state index in [0.717, 1.165) is 40.7 Å². The summed E-state index contributed by atoms with van der Waals surface area (Å²) in [7, 11) is 0. The fourth-order valence-corrected chi connectivity index (χ4v) is 4.61. The Morgan fingerprint density at radius 3 is 2.85 bits per heavy atom. The Balaban J connectivity index is 1.70. The van der Waals surface area contributed by atoms with Crippen LogP contribution in [0.25, 0.3) is 11.4 Å². The number of primary amides is 1. The zero-order valence-corrected chi connectivity index (χ0v) is 16.1. The van der Waals surface area contributed by atoms with Crippen LogP contribution in [-0.2, 0) is 0 Å². The van der Waals surface area contributed by atoms with Crippen molar-refractivity contribution in [2.45, 2.75) is 45.1 Å². The molecular weight excluding hydrogens is 358 g/mol. The Hall–Kier alpha value is -2.67. The van der Waals surface area contributed by atoms with Gasteiger partial charge in [-0.15, -0.1) is 11.3 Å². The molecule has 1 fully saturated rings. The summed E-state index contributed by atoms with van der Waals surface area (Å²) in [5.74, 6) is -0.382. The van der Waals surface area contributed by atoms with Crippen LogP contribution < -0.4 is 11.1 Å². The first-order chi connectivity index (χ1) is 13.1. The fraction of sp³-hybridized carbons (Fsp3) is 0.350. The Labute approximate surface area is 162 Å². The minimum atomic E-state index is -0.382. The molecule has 0 bridgehead atoms. The highest BCUT2D eigenvalue weighted by atomic mass is 32.1. The molecule has 3 N–H and O–H groups in total. The monoisotopic (exact) mass is 381 g/mol. The maximum Gasteiger partial charge on any atom is 0.250 e. The molecule has 0 radical (unpaired) electrons. The number of nitrogens with one attached hydrogen (secondary N) is 1. The Morgan fingerprint density at radius 2 is 2.15 bits per heavy atom. The molecule has 0 aliphatic heterocycles. The maximum absolute atomic E-state index is 11.9. The van der Waals surface area contributed by atoms with Crippen LogP contribution in [0.15, 0.2) is 36.0 Å². The number of aromatic nitrogens is 3. The van der Waals surface area contributed by atoms with E-state index in [-0.39, 0.29) is 5.91 Å². The number of anilines is 2. The summed E-state index contributed by atoms with van der Waals surface area (Å²) in [5.41, 5.74) is 9.90. The van der Waals surface area contributed by atoms with Crippen LogP contribution in [0.4, 0.5) is 10.8 Å². The van der Waals surface area contributed by atoms with Crippen LogP contribution in [-0.4, -0.2) is 20.4 Å². The molecule has 4 rings (SSSR count). The highest BCUT2D eigenvalue weighted by Crippen LogP contribution is 2.37. The van der Waals surface area contributed by atoms with E-state index in [9.17, 15) is 4.79 Å². The number of amides is 1. The Bertz CT molecular complexity index is 941. The lowest BCUT2D eigenvalue weighted by molar-refractivity contribution is 0.0999. The molecule has 3 heterocycles. The lowest BCUT2D eigenvalue weighted by atomic mass is 9.95. The van der Waals surface area contributed by atoms with Gasteiger partial charge in [-0.2, -0.15) is 0 Å². The molecule has 1 amide bonds. The first-order valence-electron chi connectivity index (χ1n) is 9.28. The smallest absolute Gasteiger partial charge is 0.250 e. The van der Waals surface area contributed by atoms with Gasteiger partial charge in [0.2, 0.25) is 0 Å². The summed E-state index contributed by atoms with van der Waals surface area (Å²) in [6, 6.07) is 6.13. The van der Waals surface area contributed by atoms with Crippen molar-refractivity contribution in [3.8, 4) is 11.4 Å². The SMILES string of the molecule is Cc1c(C(N)=O)cc(-c2csc(Nc3cccnc3)n2)n1C1CCCCC1. The number of pyridine rings is 1. The molecule has 3 aromatic rings. The van der Waals surface area contributed by atoms with Gasteiger partial charge in [0.25, 0.3) is 5.91 Å². The van der Waals surface area contributed by atoms with Crippen LogP contribution in [0.3, 0.4) is 0 Å². The average molecular weight is 382 g/mol. The summed E-state index contributed by atoms with van der Waals surface area (Å²) < 4.78 is 2.28. The highest BCUT2D eigenvalue weighted by molar-refractivity contribution is 7.14. The van der Waals surface area contributed by atoms with Crippen molar-refractivity contribution >= 4 is 28.1 Å². The molecule has 0 aromatic carbocycles. The van der Waals surface area contributed by atoms with Crippen molar-refractivity contribution in [2.75, 3.05) is 5.32 Å². The van der Waals surface area contributed by atoms with Crippen molar-refractivity contribution in [1.82, 2.24) is 14.5 Å². The van der Waals surface area contributed by atoms with Crippen LogP contribution in [0.5, 0.6) is 0 Å². The number of rotatable bonds is 5. The molecular formula is C20H23N5OS. The summed E-state index contributed by atoms with van der Waals surface area (Å²) in [5, 5.41) is 6.11. The number of hydrogen-bond acceptors (Lipinski definition) is 5. The van der Waals surface area contributed by atoms with Gasteiger partial charge in [-0.1, -0.05) is 19.3 Å². The fourth-order valence-electron chi connectivity index (χ4n) is 3.89. The van der Waals surface area contributed by atoms with Crippen LogP contribution >= 0.6 is 11.3 Å². The van der Waals surface area contributed by atoms with Crippen molar-refractivity contribution in [2.24, 2.45) is 5.73 Å². The molecule has 3 aromatic heterocycles. The zero-order valence-electron chi connectivity index (χ0n) is 15.3. The topological polar surface area (TPSA) is 85.8 Å². The summed E-state index contributed by atoms with van der Waals surface area (Å²) in [6.07, 6.45) is 9.49. The number of nitrogens with zero attached hydrogens (tertiary/aromatic N) is 3. The zero-order chi connectivity index (χ0) is 18.8. The lowest BCUT2D eigenvalue weighted by Gasteiger charge is -2.26. The molecule has 27 heavy (non-hydrogen) atoms. The molecule has 0 saturated heterocycles. The first-order valence-corrected chi connectivity index (χ1v) is 10.2. The predicted octanol–water partition coefficient (Wildman–Crippen LogP) is 4.66. The van der Waals surface area contributed by atoms with E-state index < -0.39 is 0 Å². The van der Waals surface area contributed by atoms with Crippen molar-refractivity contribution in [3.05, 3.63) is 47.2 Å². The molecule has 7 heteroatoms. The van der Waals surface area contributed by atoms with Crippen molar-refractivity contribution in [1.29, 1.82) is 0 Å². The Morgan fingerprint density at radius 1 is 1.33 bits per heavy atom. The van der Waals surface area contributed by atoms with Crippen molar-refractivity contribution < 1.29 is 4.79 Å². The van der Waals surface area contributed by atoms with Gasteiger partial charge in [-0.05, 0) is 38.0 Å². The number of carbonyl (C=O) groups excluding carboxylic acids is 1. The molecule has 1 saturated carbocycles. The minimum absolute atomic E-state index is 0.382. The second-order valence-corrected chi connectivity index (χ2v) is 7.82. The molecule has 0 atom stereocenters. The van der Waals surface area contributed by atoms with Gasteiger partial charge in [-0.3, -0.25) is 9.78 Å². The molecule has 1 aliphatic carbocycles. The van der Waals surface area contributed by atoms with Crippen LogP contribution in [0.1, 0.15) is 54.2 Å².